The van der Waals surface area contributed by atoms with E-state index in [0.717, 1.165) is 5.56 Å². The van der Waals surface area contributed by atoms with E-state index in [2.05, 4.69) is 41.5 Å². The molecule has 0 radical (unpaired) electrons. The third-order valence-corrected chi connectivity index (χ3v) is 4.60. The molecule has 0 saturated carbocycles. The number of hydrogen-bond acceptors (Lipinski definition) is 1. The Kier molecular flexibility index (Phi) is 2.45. The molecule has 1 nitrogen and oxygen atoms in total. The summed E-state index contributed by atoms with van der Waals surface area (Å²) >= 11 is 0. The molecular formula is C15H20O. The molecule has 0 unspecified atom stereocenters. The van der Waals surface area contributed by atoms with Crippen molar-refractivity contribution in [3.05, 3.63) is 33.4 Å². The maximum atomic E-state index is 12.2. The van der Waals surface area contributed by atoms with Crippen molar-refractivity contribution in [1.82, 2.24) is 0 Å². The Morgan fingerprint density at radius 2 is 1.25 bits per heavy atom. The zero-order valence-corrected chi connectivity index (χ0v) is 11.1. The van der Waals surface area contributed by atoms with Gasteiger partial charge >= 0.3 is 0 Å². The van der Waals surface area contributed by atoms with Crippen molar-refractivity contribution in [1.29, 1.82) is 0 Å². The minimum atomic E-state index is 0.147. The van der Waals surface area contributed by atoms with E-state index in [1.807, 2.05) is 0 Å². The number of ketones is 1. The molecule has 86 valence electrons. The molecule has 1 heteroatoms. The second-order valence-corrected chi connectivity index (χ2v) is 5.23. The van der Waals surface area contributed by atoms with Gasteiger partial charge in [0.15, 0.2) is 5.78 Å². The molecule has 2 atom stereocenters. The summed E-state index contributed by atoms with van der Waals surface area (Å²) in [6, 6.07) is 0. The van der Waals surface area contributed by atoms with E-state index in [4.69, 9.17) is 0 Å². The summed E-state index contributed by atoms with van der Waals surface area (Å²) in [5, 5.41) is 0. The quantitative estimate of drug-likeness (QED) is 0.643. The molecule has 1 aromatic carbocycles. The van der Waals surface area contributed by atoms with Crippen LogP contribution < -0.4 is 0 Å². The van der Waals surface area contributed by atoms with Gasteiger partial charge in [-0.2, -0.15) is 0 Å². The normalized spacial score (nSPS) is 23.8. The Bertz CT molecular complexity index is 483. The van der Waals surface area contributed by atoms with Crippen molar-refractivity contribution in [3.8, 4) is 0 Å². The Morgan fingerprint density at radius 3 is 1.81 bits per heavy atom. The number of carbonyl (C=O) groups excluding carboxylic acids is 1. The summed E-state index contributed by atoms with van der Waals surface area (Å²) < 4.78 is 0. The molecule has 0 N–H and O–H groups in total. The van der Waals surface area contributed by atoms with Gasteiger partial charge in [-0.25, -0.2) is 0 Å². The lowest BCUT2D eigenvalue weighted by Gasteiger charge is -2.17. The second-order valence-electron chi connectivity index (χ2n) is 5.23. The first-order valence-corrected chi connectivity index (χ1v) is 6.02. The molecule has 0 saturated heterocycles. The molecule has 0 heterocycles. The number of Topliss-reactive ketones (excluding diaryl/α,β-unsaturated/α-hetero) is 1. The second kappa shape index (κ2) is 3.44. The highest BCUT2D eigenvalue weighted by Crippen LogP contribution is 2.42. The average Bonchev–Trinajstić information content (AvgIpc) is 2.48. The van der Waals surface area contributed by atoms with Crippen LogP contribution in [-0.2, 0) is 0 Å². The Hall–Kier alpha value is -1.11. The number of benzene rings is 1. The smallest absolute Gasteiger partial charge is 0.166 e. The van der Waals surface area contributed by atoms with E-state index in [1.54, 1.807) is 0 Å². The molecule has 16 heavy (non-hydrogen) atoms. The van der Waals surface area contributed by atoms with Gasteiger partial charge in [-0.3, -0.25) is 4.79 Å². The number of hydrogen-bond donors (Lipinski definition) is 0. The molecule has 1 aromatic rings. The van der Waals surface area contributed by atoms with Crippen LogP contribution >= 0.6 is 0 Å². The molecular weight excluding hydrogens is 196 g/mol. The van der Waals surface area contributed by atoms with Crippen LogP contribution in [0.3, 0.4) is 0 Å². The predicted molar refractivity (Wildman–Crippen MR) is 67.3 cm³/mol. The number of carbonyl (C=O) groups is 1. The summed E-state index contributed by atoms with van der Waals surface area (Å²) in [7, 11) is 0. The monoisotopic (exact) mass is 216 g/mol. The van der Waals surface area contributed by atoms with Gasteiger partial charge < -0.3 is 0 Å². The first kappa shape index (κ1) is 11.4. The van der Waals surface area contributed by atoms with E-state index in [0.29, 0.717) is 11.7 Å². The van der Waals surface area contributed by atoms with E-state index in [1.165, 1.54) is 27.8 Å². The Morgan fingerprint density at radius 1 is 0.750 bits per heavy atom. The lowest BCUT2D eigenvalue weighted by atomic mass is 9.87. The van der Waals surface area contributed by atoms with Crippen LogP contribution in [0.1, 0.15) is 57.9 Å². The summed E-state index contributed by atoms with van der Waals surface area (Å²) in [5.41, 5.74) is 7.47. The van der Waals surface area contributed by atoms with Gasteiger partial charge in [0.05, 0.1) is 0 Å². The van der Waals surface area contributed by atoms with Crippen LogP contribution in [-0.4, -0.2) is 5.78 Å². The fourth-order valence-electron chi connectivity index (χ4n) is 2.93. The van der Waals surface area contributed by atoms with Gasteiger partial charge in [0, 0.05) is 11.5 Å². The van der Waals surface area contributed by atoms with E-state index < -0.39 is 0 Å². The maximum absolute atomic E-state index is 12.2. The Balaban J connectivity index is 2.86. The molecule has 0 bridgehead atoms. The highest BCUT2D eigenvalue weighted by Gasteiger charge is 2.37. The SMILES string of the molecule is Cc1c(C)c(C)c2c(c1C)C(=O)[C@@H](C)[C@H]2C. The summed E-state index contributed by atoms with van der Waals surface area (Å²) in [6.07, 6.45) is 0. The highest BCUT2D eigenvalue weighted by atomic mass is 16.1. The molecule has 0 spiro atoms. The van der Waals surface area contributed by atoms with Crippen molar-refractivity contribution < 1.29 is 4.79 Å². The van der Waals surface area contributed by atoms with Crippen molar-refractivity contribution in [2.75, 3.05) is 0 Å². The van der Waals surface area contributed by atoms with Crippen molar-refractivity contribution in [3.63, 3.8) is 0 Å². The maximum Gasteiger partial charge on any atom is 0.166 e. The van der Waals surface area contributed by atoms with Gasteiger partial charge in [0.2, 0.25) is 0 Å². The lowest BCUT2D eigenvalue weighted by molar-refractivity contribution is 0.0936. The fraction of sp³-hybridized carbons (Fsp3) is 0.533. The standard InChI is InChI=1S/C15H20O/c1-7-8(2)10(4)14-13(9(7)3)11(5)12(6)15(14)16/h11-12H,1-6H3/t11-,12+/m1/s1. The zero-order chi connectivity index (χ0) is 12.2. The van der Waals surface area contributed by atoms with Crippen molar-refractivity contribution in [2.45, 2.75) is 47.5 Å². The third-order valence-electron chi connectivity index (χ3n) is 4.60. The van der Waals surface area contributed by atoms with Crippen LogP contribution in [0, 0.1) is 33.6 Å². The van der Waals surface area contributed by atoms with Crippen LogP contribution in [0.15, 0.2) is 0 Å². The third kappa shape index (κ3) is 1.20. The lowest BCUT2D eigenvalue weighted by Crippen LogP contribution is -2.07. The molecule has 1 aliphatic carbocycles. The van der Waals surface area contributed by atoms with Crippen LogP contribution in [0.2, 0.25) is 0 Å². The van der Waals surface area contributed by atoms with Gasteiger partial charge in [0.25, 0.3) is 0 Å². The number of rotatable bonds is 0. The van der Waals surface area contributed by atoms with Crippen LogP contribution in [0.5, 0.6) is 0 Å². The van der Waals surface area contributed by atoms with Crippen molar-refractivity contribution >= 4 is 5.78 Å². The van der Waals surface area contributed by atoms with E-state index in [-0.39, 0.29) is 5.92 Å². The highest BCUT2D eigenvalue weighted by molar-refractivity contribution is 6.05. The van der Waals surface area contributed by atoms with Gasteiger partial charge in [0.1, 0.15) is 0 Å². The predicted octanol–water partition coefficient (Wildman–Crippen LogP) is 3.86. The Labute approximate surface area is 97.9 Å². The van der Waals surface area contributed by atoms with Crippen LogP contribution in [0.4, 0.5) is 0 Å². The van der Waals surface area contributed by atoms with E-state index in [9.17, 15) is 4.79 Å². The first-order chi connectivity index (χ1) is 7.37. The molecule has 0 fully saturated rings. The summed E-state index contributed by atoms with van der Waals surface area (Å²) in [4.78, 5) is 12.2. The van der Waals surface area contributed by atoms with E-state index >= 15 is 0 Å². The molecule has 2 rings (SSSR count). The molecule has 0 amide bonds. The topological polar surface area (TPSA) is 17.1 Å². The minimum Gasteiger partial charge on any atom is -0.294 e. The first-order valence-electron chi connectivity index (χ1n) is 6.02. The molecule has 0 aliphatic heterocycles. The van der Waals surface area contributed by atoms with Crippen LogP contribution in [0.25, 0.3) is 0 Å². The summed E-state index contributed by atoms with van der Waals surface area (Å²) in [5.74, 6) is 0.861. The molecule has 0 aromatic heterocycles. The minimum absolute atomic E-state index is 0.147. The average molecular weight is 216 g/mol. The van der Waals surface area contributed by atoms with Gasteiger partial charge in [-0.1, -0.05) is 13.8 Å². The largest absolute Gasteiger partial charge is 0.294 e. The van der Waals surface area contributed by atoms with Crippen molar-refractivity contribution in [2.24, 2.45) is 5.92 Å². The van der Waals surface area contributed by atoms with Gasteiger partial charge in [-0.15, -0.1) is 0 Å². The molecule has 1 aliphatic rings. The van der Waals surface area contributed by atoms with Gasteiger partial charge in [-0.05, 0) is 61.4 Å². The number of fused-ring (bicyclic) bond motifs is 1. The summed E-state index contributed by atoms with van der Waals surface area (Å²) in [6.45, 7) is 12.8. The zero-order valence-electron chi connectivity index (χ0n) is 11.1. The fourth-order valence-corrected chi connectivity index (χ4v) is 2.93.